The van der Waals surface area contributed by atoms with Gasteiger partial charge in [0.05, 0.1) is 47.0 Å². The number of fused-ring (bicyclic) bond motifs is 2. The van der Waals surface area contributed by atoms with Crippen LogP contribution in [0.4, 0.5) is 22.0 Å². The van der Waals surface area contributed by atoms with E-state index in [9.17, 15) is 58.8 Å². The number of halogens is 5. The summed E-state index contributed by atoms with van der Waals surface area (Å²) in [4.78, 5) is 44.1. The highest BCUT2D eigenvalue weighted by molar-refractivity contribution is 7.94. The van der Waals surface area contributed by atoms with Crippen LogP contribution in [0.15, 0.2) is 70.7 Å². The Labute approximate surface area is 397 Å². The van der Waals surface area contributed by atoms with Crippen LogP contribution in [-0.2, 0) is 51.6 Å². The lowest BCUT2D eigenvalue weighted by Gasteiger charge is -2.34. The molecule has 0 aliphatic carbocycles. The molecule has 6 heterocycles. The van der Waals surface area contributed by atoms with Crippen molar-refractivity contribution in [2.45, 2.75) is 96.1 Å². The Hall–Kier alpha value is -4.67. The highest BCUT2D eigenvalue weighted by atomic mass is 32.2. The van der Waals surface area contributed by atoms with Gasteiger partial charge < -0.3 is 9.47 Å². The van der Waals surface area contributed by atoms with E-state index in [2.05, 4.69) is 39.0 Å². The van der Waals surface area contributed by atoms with Crippen LogP contribution in [0.1, 0.15) is 62.4 Å². The van der Waals surface area contributed by atoms with Gasteiger partial charge in [-0.1, -0.05) is 13.3 Å². The highest BCUT2D eigenvalue weighted by Crippen LogP contribution is 2.42. The van der Waals surface area contributed by atoms with Crippen molar-refractivity contribution in [1.29, 1.82) is 0 Å². The molecule has 366 valence electrons. The second-order valence-electron chi connectivity index (χ2n) is 15.9. The van der Waals surface area contributed by atoms with Gasteiger partial charge >= 0.3 is 12.1 Å². The van der Waals surface area contributed by atoms with Crippen LogP contribution in [0.3, 0.4) is 0 Å². The number of unbranched alkanes of at least 4 members (excludes halogenated alkanes) is 1. The molecule has 2 fully saturated rings. The lowest BCUT2D eigenvalue weighted by molar-refractivity contribution is -0.284. The fourth-order valence-corrected chi connectivity index (χ4v) is 14.8. The van der Waals surface area contributed by atoms with Crippen LogP contribution in [0, 0.1) is 0 Å². The number of carbonyl (C=O) groups excluding carboxylic acids is 2. The largest absolute Gasteiger partial charge is 0.453 e. The summed E-state index contributed by atoms with van der Waals surface area (Å²) in [5, 5.41) is 19.5. The fraction of sp³-hybridized carbons (Fsp3) is 0.429. The van der Waals surface area contributed by atoms with Crippen molar-refractivity contribution in [2.24, 2.45) is 0 Å². The molecule has 8 rings (SSSR count). The number of sulfone groups is 2. The second-order valence-corrected chi connectivity index (χ2v) is 23.6. The summed E-state index contributed by atoms with van der Waals surface area (Å²) in [6.07, 6.45) is -2.48. The molecule has 68 heavy (non-hydrogen) atoms. The van der Waals surface area contributed by atoms with Crippen molar-refractivity contribution in [2.75, 3.05) is 26.4 Å². The third-order valence-electron chi connectivity index (χ3n) is 11.7. The van der Waals surface area contributed by atoms with E-state index in [-0.39, 0.29) is 73.3 Å². The molecule has 2 aromatic carbocycles. The average Bonchev–Trinajstić information content (AvgIpc) is 4.11. The van der Waals surface area contributed by atoms with Gasteiger partial charge in [-0.15, -0.1) is 34.0 Å². The van der Waals surface area contributed by atoms with Crippen LogP contribution in [0.5, 0.6) is 0 Å². The number of ether oxygens (including phenoxy) is 2. The van der Waals surface area contributed by atoms with Crippen LogP contribution in [-0.4, -0.2) is 107 Å². The zero-order valence-electron chi connectivity index (χ0n) is 35.8. The smallest absolute Gasteiger partial charge is 0.381 e. The van der Waals surface area contributed by atoms with Crippen LogP contribution in [0.25, 0.3) is 41.0 Å². The fourth-order valence-electron chi connectivity index (χ4n) is 7.65. The molecule has 2 saturated heterocycles. The number of aromatic nitrogens is 4. The summed E-state index contributed by atoms with van der Waals surface area (Å²) < 4.78 is 125. The highest BCUT2D eigenvalue weighted by Gasteiger charge is 2.57. The summed E-state index contributed by atoms with van der Waals surface area (Å²) in [5.41, 5.74) is 4.26. The van der Waals surface area contributed by atoms with Gasteiger partial charge in [-0.25, -0.2) is 37.8 Å². The molecule has 2 aliphatic rings. The van der Waals surface area contributed by atoms with Gasteiger partial charge in [0.2, 0.25) is 0 Å². The van der Waals surface area contributed by atoms with Gasteiger partial charge in [0.15, 0.2) is 29.2 Å². The first-order valence-corrected chi connectivity index (χ1v) is 26.3. The Morgan fingerprint density at radius 1 is 0.706 bits per heavy atom. The molecule has 4 aromatic heterocycles. The minimum absolute atomic E-state index is 0.0105. The van der Waals surface area contributed by atoms with E-state index >= 15 is 0 Å². The number of rotatable bonds is 14. The number of thiophene rings is 1. The summed E-state index contributed by atoms with van der Waals surface area (Å²) in [7, 11) is -8.32. The average molecular weight is 1050 g/mol. The molecule has 0 atom stereocenters. The van der Waals surface area contributed by atoms with E-state index in [4.69, 9.17) is 9.47 Å². The Morgan fingerprint density at radius 3 is 1.69 bits per heavy atom. The van der Waals surface area contributed by atoms with Crippen molar-refractivity contribution in [3.05, 3.63) is 71.5 Å². The summed E-state index contributed by atoms with van der Waals surface area (Å²) in [5.74, 6) is -6.82. The number of hydrogen-bond acceptors (Lipinski definition) is 17. The van der Waals surface area contributed by atoms with Crippen molar-refractivity contribution in [3.8, 4) is 20.6 Å². The predicted octanol–water partition coefficient (Wildman–Crippen LogP) is 7.91. The first-order valence-electron chi connectivity index (χ1n) is 20.9. The van der Waals surface area contributed by atoms with Gasteiger partial charge in [0, 0.05) is 43.9 Å². The van der Waals surface area contributed by atoms with Gasteiger partial charge in [0.1, 0.15) is 15.7 Å². The molecule has 0 unspecified atom stereocenters. The van der Waals surface area contributed by atoms with E-state index < -0.39 is 65.9 Å². The first-order chi connectivity index (χ1) is 32.2. The zero-order valence-corrected chi connectivity index (χ0v) is 39.9. The van der Waals surface area contributed by atoms with Gasteiger partial charge in [0.25, 0.3) is 11.8 Å². The topological polar surface area (TPSA) is 237 Å². The second kappa shape index (κ2) is 20.4. The summed E-state index contributed by atoms with van der Waals surface area (Å²) in [6.45, 7) is 2.48. The molecule has 0 radical (unpaired) electrons. The Kier molecular flexibility index (Phi) is 15.3. The number of nitrogens with one attached hydrogen (secondary N) is 2. The molecule has 2 aliphatic heterocycles. The SMILES string of the molecule is CCCCc1ccc(-c2nc3ccc(S(=O)(=O)C4(C(=O)NO)CCOCC4)cc3s2)s1.O=C(NO)C1(S(=O)(=O)c2ccc3nc(-c4cnc(CCC(F)(F)C(F)(F)F)cn4)sc3c2)CCOCC1. The summed E-state index contributed by atoms with van der Waals surface area (Å²) in [6, 6.07) is 13.0. The number of carbonyl (C=O) groups is 2. The van der Waals surface area contributed by atoms with E-state index in [1.54, 1.807) is 28.9 Å². The number of alkyl halides is 5. The molecule has 4 N–H and O–H groups in total. The molecule has 26 heteroatoms. The third kappa shape index (κ3) is 10.0. The molecule has 6 aromatic rings. The minimum atomic E-state index is -5.65. The van der Waals surface area contributed by atoms with E-state index in [1.165, 1.54) is 52.2 Å². The van der Waals surface area contributed by atoms with E-state index in [0.717, 1.165) is 56.9 Å². The van der Waals surface area contributed by atoms with Gasteiger partial charge in [-0.2, -0.15) is 22.0 Å². The predicted molar refractivity (Wildman–Crippen MR) is 241 cm³/mol. The molecule has 2 amide bonds. The molecular weight excluding hydrogens is 1000 g/mol. The number of aryl methyl sites for hydroxylation is 2. The van der Waals surface area contributed by atoms with Crippen molar-refractivity contribution < 1.29 is 68.3 Å². The monoisotopic (exact) mass is 1050 g/mol. The van der Waals surface area contributed by atoms with Crippen LogP contribution in [0.2, 0.25) is 0 Å². The quantitative estimate of drug-likeness (QED) is 0.0461. The number of hydrogen-bond donors (Lipinski definition) is 4. The maximum Gasteiger partial charge on any atom is 0.453 e. The number of nitrogens with zero attached hydrogens (tertiary/aromatic N) is 4. The van der Waals surface area contributed by atoms with Crippen LogP contribution < -0.4 is 11.0 Å². The number of benzene rings is 2. The standard InChI is InChI=1S/C21H19F5N4O5S2.C21H24N2O5S3/c22-20(23,21(24,25)26)4-3-12-10-28-15(11-27-12)17-29-14-2-1-13(9-16(14)36-17)37(33,34)19(18(31)30-32)5-7-35-8-6-19;1-2-3-4-14-5-8-17(29-14)19-22-16-7-6-15(13-18(16)30-19)31(26,27)21(20(24)23-25)9-11-28-12-10-21/h1-2,9-11,32H,3-8H2,(H,30,31);5-8,13,25H,2-4,9-12H2,1H3,(H,23,24). The van der Waals surface area contributed by atoms with Crippen LogP contribution >= 0.6 is 34.0 Å². The van der Waals surface area contributed by atoms with Crippen molar-refractivity contribution in [1.82, 2.24) is 30.9 Å². The molecule has 0 spiro atoms. The van der Waals surface area contributed by atoms with Gasteiger partial charge in [-0.3, -0.25) is 30.0 Å². The molecule has 0 saturated carbocycles. The first kappa shape index (κ1) is 51.2. The molecule has 16 nitrogen and oxygen atoms in total. The lowest BCUT2D eigenvalue weighted by Crippen LogP contribution is -2.54. The maximum absolute atomic E-state index is 13.5. The number of amides is 2. The minimum Gasteiger partial charge on any atom is -0.381 e. The lowest BCUT2D eigenvalue weighted by atomic mass is 9.98. The summed E-state index contributed by atoms with van der Waals surface area (Å²) >= 11 is 4.20. The number of hydroxylamine groups is 2. The third-order valence-corrected chi connectivity index (χ3v) is 20.1. The van der Waals surface area contributed by atoms with Crippen molar-refractivity contribution >= 4 is 85.9 Å². The van der Waals surface area contributed by atoms with Crippen molar-refractivity contribution in [3.63, 3.8) is 0 Å². The molecular formula is C42H43F5N6O10S5. The zero-order chi connectivity index (χ0) is 49.1. The maximum atomic E-state index is 13.5. The Morgan fingerprint density at radius 2 is 1.22 bits per heavy atom. The normalized spacial score (nSPS) is 16.5. The molecule has 0 bridgehead atoms. The van der Waals surface area contributed by atoms with E-state index in [1.807, 2.05) is 0 Å². The van der Waals surface area contributed by atoms with E-state index in [0.29, 0.717) is 15.2 Å². The Balaban J connectivity index is 0.000000204. The van der Waals surface area contributed by atoms with Gasteiger partial charge in [-0.05, 0) is 93.5 Å². The Bertz CT molecular complexity index is 3010. The number of thiazole rings is 2.